The van der Waals surface area contributed by atoms with Crippen LogP contribution in [0.15, 0.2) is 23.1 Å². The van der Waals surface area contributed by atoms with E-state index < -0.39 is 0 Å². The Bertz CT molecular complexity index is 409. The topological polar surface area (TPSA) is 55.1 Å². The number of halogens is 1. The van der Waals surface area contributed by atoms with E-state index in [1.54, 1.807) is 18.2 Å². The van der Waals surface area contributed by atoms with Gasteiger partial charge in [-0.05, 0) is 39.0 Å². The molecule has 1 amide bonds. The van der Waals surface area contributed by atoms with Gasteiger partial charge in [0, 0.05) is 16.6 Å². The standard InChI is InChI=1S/C12H17ClN2OS/c1-7(2)15-12(16)8(3)17-11-6-9(14)4-5-10(11)13/h4-8H,14H2,1-3H3,(H,15,16). The molecular formula is C12H17ClN2OS. The minimum atomic E-state index is -0.198. The number of anilines is 1. The summed E-state index contributed by atoms with van der Waals surface area (Å²) < 4.78 is 0. The Hall–Kier alpha value is -0.870. The predicted molar refractivity (Wildman–Crippen MR) is 74.5 cm³/mol. The molecule has 3 nitrogen and oxygen atoms in total. The van der Waals surface area contributed by atoms with Crippen molar-refractivity contribution in [2.75, 3.05) is 5.73 Å². The maximum Gasteiger partial charge on any atom is 0.233 e. The Labute approximate surface area is 111 Å². The van der Waals surface area contributed by atoms with E-state index in [-0.39, 0.29) is 17.2 Å². The summed E-state index contributed by atoms with van der Waals surface area (Å²) in [6.45, 7) is 5.72. The molecule has 1 unspecified atom stereocenters. The number of carbonyl (C=O) groups excluding carboxylic acids is 1. The van der Waals surface area contributed by atoms with E-state index in [9.17, 15) is 4.79 Å². The Morgan fingerprint density at radius 2 is 2.06 bits per heavy atom. The van der Waals surface area contributed by atoms with E-state index in [0.717, 1.165) is 4.90 Å². The largest absolute Gasteiger partial charge is 0.399 e. The molecule has 1 rings (SSSR count). The smallest absolute Gasteiger partial charge is 0.233 e. The van der Waals surface area contributed by atoms with E-state index >= 15 is 0 Å². The van der Waals surface area contributed by atoms with Gasteiger partial charge in [0.2, 0.25) is 5.91 Å². The van der Waals surface area contributed by atoms with E-state index in [4.69, 9.17) is 17.3 Å². The van der Waals surface area contributed by atoms with Gasteiger partial charge in [-0.1, -0.05) is 11.6 Å². The first-order valence-electron chi connectivity index (χ1n) is 5.42. The van der Waals surface area contributed by atoms with Crippen molar-refractivity contribution in [1.29, 1.82) is 0 Å². The highest BCUT2D eigenvalue weighted by Crippen LogP contribution is 2.31. The van der Waals surface area contributed by atoms with Crippen LogP contribution in [0.25, 0.3) is 0 Å². The molecule has 0 aliphatic rings. The molecular weight excluding hydrogens is 256 g/mol. The first-order chi connectivity index (χ1) is 7.90. The number of thioether (sulfide) groups is 1. The number of nitrogen functional groups attached to an aromatic ring is 1. The molecule has 0 fully saturated rings. The number of hydrogen-bond acceptors (Lipinski definition) is 3. The normalized spacial score (nSPS) is 12.5. The fraction of sp³-hybridized carbons (Fsp3) is 0.417. The molecule has 1 aromatic carbocycles. The second-order valence-corrected chi connectivity index (χ2v) is 5.90. The molecule has 0 aliphatic carbocycles. The summed E-state index contributed by atoms with van der Waals surface area (Å²) in [5, 5.41) is 3.28. The highest BCUT2D eigenvalue weighted by Gasteiger charge is 2.16. The van der Waals surface area contributed by atoms with Crippen molar-refractivity contribution in [3.63, 3.8) is 0 Å². The third kappa shape index (κ3) is 4.48. The van der Waals surface area contributed by atoms with Crippen LogP contribution in [-0.2, 0) is 4.79 Å². The monoisotopic (exact) mass is 272 g/mol. The molecule has 0 aliphatic heterocycles. The average molecular weight is 273 g/mol. The van der Waals surface area contributed by atoms with Gasteiger partial charge < -0.3 is 11.1 Å². The number of nitrogens with two attached hydrogens (primary N) is 1. The fourth-order valence-electron chi connectivity index (χ4n) is 1.26. The van der Waals surface area contributed by atoms with Crippen LogP contribution in [0.2, 0.25) is 5.02 Å². The molecule has 0 bridgehead atoms. The van der Waals surface area contributed by atoms with Gasteiger partial charge in [-0.15, -0.1) is 11.8 Å². The number of carbonyl (C=O) groups is 1. The van der Waals surface area contributed by atoms with Gasteiger partial charge in [0.05, 0.1) is 10.3 Å². The molecule has 94 valence electrons. The van der Waals surface area contributed by atoms with Crippen LogP contribution in [0.5, 0.6) is 0 Å². The first kappa shape index (κ1) is 14.2. The minimum absolute atomic E-state index is 0.00323. The van der Waals surface area contributed by atoms with Crippen LogP contribution < -0.4 is 11.1 Å². The molecule has 0 radical (unpaired) electrons. The van der Waals surface area contributed by atoms with Crippen LogP contribution in [0.3, 0.4) is 0 Å². The number of rotatable bonds is 4. The van der Waals surface area contributed by atoms with Crippen LogP contribution in [-0.4, -0.2) is 17.2 Å². The van der Waals surface area contributed by atoms with Crippen LogP contribution in [0.1, 0.15) is 20.8 Å². The lowest BCUT2D eigenvalue weighted by atomic mass is 10.3. The summed E-state index contributed by atoms with van der Waals surface area (Å²) in [4.78, 5) is 12.6. The zero-order chi connectivity index (χ0) is 13.0. The summed E-state index contributed by atoms with van der Waals surface area (Å²) in [5.74, 6) is 0.00323. The second kappa shape index (κ2) is 6.17. The molecule has 1 aromatic rings. The highest BCUT2D eigenvalue weighted by atomic mass is 35.5. The Kier molecular flexibility index (Phi) is 5.15. The fourth-order valence-corrected chi connectivity index (χ4v) is 2.45. The van der Waals surface area contributed by atoms with E-state index in [2.05, 4.69) is 5.32 Å². The molecule has 1 atom stereocenters. The SMILES string of the molecule is CC(C)NC(=O)C(C)Sc1cc(N)ccc1Cl. The number of amides is 1. The Morgan fingerprint density at radius 3 is 2.65 bits per heavy atom. The third-order valence-electron chi connectivity index (χ3n) is 2.06. The lowest BCUT2D eigenvalue weighted by molar-refractivity contribution is -0.120. The van der Waals surface area contributed by atoms with E-state index in [1.165, 1.54) is 11.8 Å². The zero-order valence-corrected chi connectivity index (χ0v) is 11.7. The van der Waals surface area contributed by atoms with Gasteiger partial charge in [0.1, 0.15) is 0 Å². The summed E-state index contributed by atoms with van der Waals surface area (Å²) in [6, 6.07) is 5.41. The number of benzene rings is 1. The Balaban J connectivity index is 2.70. The highest BCUT2D eigenvalue weighted by molar-refractivity contribution is 8.00. The van der Waals surface area contributed by atoms with Crippen molar-refractivity contribution < 1.29 is 4.79 Å². The molecule has 17 heavy (non-hydrogen) atoms. The quantitative estimate of drug-likeness (QED) is 0.655. The van der Waals surface area contributed by atoms with E-state index in [1.807, 2.05) is 20.8 Å². The predicted octanol–water partition coefficient (Wildman–Crippen LogP) is 2.93. The van der Waals surface area contributed by atoms with Gasteiger partial charge in [0.25, 0.3) is 0 Å². The molecule has 0 saturated heterocycles. The number of hydrogen-bond donors (Lipinski definition) is 2. The lowest BCUT2D eigenvalue weighted by Gasteiger charge is -2.15. The maximum atomic E-state index is 11.7. The van der Waals surface area contributed by atoms with Crippen molar-refractivity contribution in [3.05, 3.63) is 23.2 Å². The number of nitrogens with one attached hydrogen (secondary N) is 1. The third-order valence-corrected chi connectivity index (χ3v) is 3.66. The van der Waals surface area contributed by atoms with Crippen molar-refractivity contribution in [3.8, 4) is 0 Å². The molecule has 3 N–H and O–H groups in total. The van der Waals surface area contributed by atoms with Crippen molar-refractivity contribution in [2.24, 2.45) is 0 Å². The summed E-state index contributed by atoms with van der Waals surface area (Å²) in [6.07, 6.45) is 0. The zero-order valence-electron chi connectivity index (χ0n) is 10.2. The van der Waals surface area contributed by atoms with Crippen molar-refractivity contribution in [1.82, 2.24) is 5.32 Å². The average Bonchev–Trinajstić information content (AvgIpc) is 2.22. The molecule has 5 heteroatoms. The Morgan fingerprint density at radius 1 is 1.41 bits per heavy atom. The van der Waals surface area contributed by atoms with Gasteiger partial charge in [-0.2, -0.15) is 0 Å². The van der Waals surface area contributed by atoms with Gasteiger partial charge in [-0.3, -0.25) is 4.79 Å². The van der Waals surface area contributed by atoms with E-state index in [0.29, 0.717) is 10.7 Å². The molecule has 0 saturated carbocycles. The van der Waals surface area contributed by atoms with Crippen LogP contribution in [0, 0.1) is 0 Å². The van der Waals surface area contributed by atoms with Crippen LogP contribution >= 0.6 is 23.4 Å². The summed E-state index contributed by atoms with van der Waals surface area (Å²) in [7, 11) is 0. The van der Waals surface area contributed by atoms with Gasteiger partial charge >= 0.3 is 0 Å². The lowest BCUT2D eigenvalue weighted by Crippen LogP contribution is -2.35. The summed E-state index contributed by atoms with van der Waals surface area (Å²) in [5.41, 5.74) is 6.33. The minimum Gasteiger partial charge on any atom is -0.399 e. The van der Waals surface area contributed by atoms with Crippen molar-refractivity contribution in [2.45, 2.75) is 37.0 Å². The van der Waals surface area contributed by atoms with Gasteiger partial charge in [-0.25, -0.2) is 0 Å². The van der Waals surface area contributed by atoms with Gasteiger partial charge in [0.15, 0.2) is 0 Å². The summed E-state index contributed by atoms with van der Waals surface area (Å²) >= 11 is 7.45. The van der Waals surface area contributed by atoms with Crippen molar-refractivity contribution >= 4 is 35.0 Å². The molecule has 0 aromatic heterocycles. The molecule has 0 heterocycles. The first-order valence-corrected chi connectivity index (χ1v) is 6.68. The maximum absolute atomic E-state index is 11.7. The second-order valence-electron chi connectivity index (χ2n) is 4.11. The molecule has 0 spiro atoms. The van der Waals surface area contributed by atoms with Crippen LogP contribution in [0.4, 0.5) is 5.69 Å².